The number of carbonyl (C=O) groups is 2. The molecule has 5 nitrogen and oxygen atoms in total. The smallest absolute Gasteiger partial charge is 0.243 e. The Balaban J connectivity index is 1.96. The predicted molar refractivity (Wildman–Crippen MR) is 78.2 cm³/mol. The van der Waals surface area contributed by atoms with Gasteiger partial charge < -0.3 is 15.5 Å². The van der Waals surface area contributed by atoms with Crippen molar-refractivity contribution in [2.75, 3.05) is 19.6 Å². The first-order valence-corrected chi connectivity index (χ1v) is 7.94. The minimum atomic E-state index is -0.252. The van der Waals surface area contributed by atoms with Gasteiger partial charge in [-0.05, 0) is 44.7 Å². The number of likely N-dealkylation sites (tertiary alicyclic amines) is 1. The maximum absolute atomic E-state index is 12.5. The molecule has 0 bridgehead atoms. The number of rotatable bonds is 3. The number of hydrogen-bond acceptors (Lipinski definition) is 3. The van der Waals surface area contributed by atoms with Crippen molar-refractivity contribution in [1.29, 1.82) is 0 Å². The Morgan fingerprint density at radius 2 is 2.10 bits per heavy atom. The lowest BCUT2D eigenvalue weighted by Crippen LogP contribution is -2.56. The molecule has 0 saturated carbocycles. The van der Waals surface area contributed by atoms with E-state index in [0.717, 1.165) is 45.3 Å². The van der Waals surface area contributed by atoms with Crippen LogP contribution in [0.4, 0.5) is 0 Å². The zero-order chi connectivity index (χ0) is 14.5. The van der Waals surface area contributed by atoms with Gasteiger partial charge in [-0.15, -0.1) is 0 Å². The first-order chi connectivity index (χ1) is 9.63. The molecule has 114 valence electrons. The Morgan fingerprint density at radius 1 is 1.30 bits per heavy atom. The Labute approximate surface area is 121 Å². The summed E-state index contributed by atoms with van der Waals surface area (Å²) >= 11 is 0. The standard InChI is InChI=1S/C15H27N3O2/c1-3-14(19)18-9-5-4-6-13(18)15(20)17-12-7-8-16-10-11(12)2/h11-13,16H,3-10H2,1-2H3,(H,17,20). The summed E-state index contributed by atoms with van der Waals surface area (Å²) in [6.45, 7) is 6.66. The SMILES string of the molecule is CCC(=O)N1CCCCC1C(=O)NC1CCNCC1C. The van der Waals surface area contributed by atoms with Gasteiger partial charge in [0, 0.05) is 19.0 Å². The molecule has 2 aliphatic rings. The zero-order valence-corrected chi connectivity index (χ0v) is 12.7. The van der Waals surface area contributed by atoms with E-state index in [0.29, 0.717) is 12.3 Å². The Hall–Kier alpha value is -1.10. The number of nitrogens with zero attached hydrogens (tertiary/aromatic N) is 1. The molecule has 2 aliphatic heterocycles. The third-order valence-corrected chi connectivity index (χ3v) is 4.54. The van der Waals surface area contributed by atoms with Crippen LogP contribution < -0.4 is 10.6 Å². The van der Waals surface area contributed by atoms with Crippen LogP contribution in [0.25, 0.3) is 0 Å². The lowest BCUT2D eigenvalue weighted by molar-refractivity contribution is -0.142. The molecule has 2 fully saturated rings. The average Bonchev–Trinajstić information content (AvgIpc) is 2.48. The molecule has 0 aromatic rings. The first kappa shape index (κ1) is 15.3. The highest BCUT2D eigenvalue weighted by atomic mass is 16.2. The number of amides is 2. The first-order valence-electron chi connectivity index (χ1n) is 7.94. The molecular weight excluding hydrogens is 254 g/mol. The van der Waals surface area contributed by atoms with Gasteiger partial charge in [-0.1, -0.05) is 13.8 Å². The van der Waals surface area contributed by atoms with Crippen molar-refractivity contribution in [1.82, 2.24) is 15.5 Å². The van der Waals surface area contributed by atoms with Gasteiger partial charge in [0.2, 0.25) is 11.8 Å². The highest BCUT2D eigenvalue weighted by Crippen LogP contribution is 2.19. The molecule has 0 spiro atoms. The fourth-order valence-electron chi connectivity index (χ4n) is 3.21. The third-order valence-electron chi connectivity index (χ3n) is 4.54. The monoisotopic (exact) mass is 281 g/mol. The minimum absolute atomic E-state index is 0.0465. The van der Waals surface area contributed by atoms with Gasteiger partial charge in [-0.25, -0.2) is 0 Å². The molecule has 2 saturated heterocycles. The van der Waals surface area contributed by atoms with Crippen molar-refractivity contribution in [3.8, 4) is 0 Å². The summed E-state index contributed by atoms with van der Waals surface area (Å²) in [7, 11) is 0. The number of nitrogens with one attached hydrogen (secondary N) is 2. The van der Waals surface area contributed by atoms with Crippen LogP contribution in [0.3, 0.4) is 0 Å². The summed E-state index contributed by atoms with van der Waals surface area (Å²) in [6.07, 6.45) is 4.30. The second-order valence-corrected chi connectivity index (χ2v) is 6.04. The molecule has 2 rings (SSSR count). The van der Waals surface area contributed by atoms with E-state index < -0.39 is 0 Å². The van der Waals surface area contributed by atoms with Gasteiger partial charge in [0.25, 0.3) is 0 Å². The van der Waals surface area contributed by atoms with E-state index >= 15 is 0 Å². The Bertz CT molecular complexity index is 359. The van der Waals surface area contributed by atoms with E-state index in [-0.39, 0.29) is 23.9 Å². The predicted octanol–water partition coefficient (Wildman–Crippen LogP) is 0.892. The summed E-state index contributed by atoms with van der Waals surface area (Å²) < 4.78 is 0. The fourth-order valence-corrected chi connectivity index (χ4v) is 3.21. The van der Waals surface area contributed by atoms with E-state index in [4.69, 9.17) is 0 Å². The van der Waals surface area contributed by atoms with E-state index in [9.17, 15) is 9.59 Å². The molecule has 3 unspecified atom stereocenters. The molecule has 5 heteroatoms. The summed E-state index contributed by atoms with van der Waals surface area (Å²) in [4.78, 5) is 26.3. The summed E-state index contributed by atoms with van der Waals surface area (Å²) in [5.74, 6) is 0.597. The van der Waals surface area contributed by atoms with Crippen LogP contribution in [-0.4, -0.2) is 48.4 Å². The Kier molecular flexibility index (Phi) is 5.40. The summed E-state index contributed by atoms with van der Waals surface area (Å²) in [5.41, 5.74) is 0. The van der Waals surface area contributed by atoms with Crippen LogP contribution in [0.1, 0.15) is 46.0 Å². The van der Waals surface area contributed by atoms with Gasteiger partial charge in [0.05, 0.1) is 0 Å². The van der Waals surface area contributed by atoms with Crippen LogP contribution in [-0.2, 0) is 9.59 Å². The number of piperidine rings is 2. The molecule has 0 aliphatic carbocycles. The minimum Gasteiger partial charge on any atom is -0.351 e. The van der Waals surface area contributed by atoms with Crippen molar-refractivity contribution >= 4 is 11.8 Å². The van der Waals surface area contributed by atoms with Crippen molar-refractivity contribution in [2.45, 2.75) is 58.0 Å². The van der Waals surface area contributed by atoms with Crippen molar-refractivity contribution < 1.29 is 9.59 Å². The van der Waals surface area contributed by atoms with E-state index in [2.05, 4.69) is 17.6 Å². The van der Waals surface area contributed by atoms with Gasteiger partial charge in [-0.2, -0.15) is 0 Å². The van der Waals surface area contributed by atoms with Crippen LogP contribution >= 0.6 is 0 Å². The maximum atomic E-state index is 12.5. The highest BCUT2D eigenvalue weighted by Gasteiger charge is 2.33. The molecule has 0 aromatic heterocycles. The van der Waals surface area contributed by atoms with Crippen LogP contribution in [0, 0.1) is 5.92 Å². The molecule has 2 N–H and O–H groups in total. The third kappa shape index (κ3) is 3.51. The number of hydrogen-bond donors (Lipinski definition) is 2. The lowest BCUT2D eigenvalue weighted by atomic mass is 9.94. The molecule has 3 atom stereocenters. The molecule has 2 heterocycles. The average molecular weight is 281 g/mol. The normalized spacial score (nSPS) is 30.9. The van der Waals surface area contributed by atoms with Gasteiger partial charge in [-0.3, -0.25) is 9.59 Å². The summed E-state index contributed by atoms with van der Waals surface area (Å²) in [6, 6.07) is -0.0115. The topological polar surface area (TPSA) is 61.4 Å². The molecule has 20 heavy (non-hydrogen) atoms. The van der Waals surface area contributed by atoms with Crippen molar-refractivity contribution in [3.05, 3.63) is 0 Å². The second-order valence-electron chi connectivity index (χ2n) is 6.04. The quantitative estimate of drug-likeness (QED) is 0.808. The second kappa shape index (κ2) is 7.07. The van der Waals surface area contributed by atoms with E-state index in [1.165, 1.54) is 0 Å². The fraction of sp³-hybridized carbons (Fsp3) is 0.867. The molecule has 2 amide bonds. The van der Waals surface area contributed by atoms with Crippen LogP contribution in [0.5, 0.6) is 0 Å². The van der Waals surface area contributed by atoms with E-state index in [1.807, 2.05) is 6.92 Å². The van der Waals surface area contributed by atoms with E-state index in [1.54, 1.807) is 4.90 Å². The molecule has 0 radical (unpaired) electrons. The number of carbonyl (C=O) groups excluding carboxylic acids is 2. The van der Waals surface area contributed by atoms with Gasteiger partial charge >= 0.3 is 0 Å². The largest absolute Gasteiger partial charge is 0.351 e. The van der Waals surface area contributed by atoms with Crippen molar-refractivity contribution in [3.63, 3.8) is 0 Å². The van der Waals surface area contributed by atoms with Gasteiger partial charge in [0.15, 0.2) is 0 Å². The van der Waals surface area contributed by atoms with Crippen LogP contribution in [0.2, 0.25) is 0 Å². The highest BCUT2D eigenvalue weighted by molar-refractivity contribution is 5.88. The van der Waals surface area contributed by atoms with Crippen LogP contribution in [0.15, 0.2) is 0 Å². The lowest BCUT2D eigenvalue weighted by Gasteiger charge is -2.37. The van der Waals surface area contributed by atoms with Crippen molar-refractivity contribution in [2.24, 2.45) is 5.92 Å². The molecule has 0 aromatic carbocycles. The maximum Gasteiger partial charge on any atom is 0.243 e. The Morgan fingerprint density at radius 3 is 2.80 bits per heavy atom. The summed E-state index contributed by atoms with van der Waals surface area (Å²) in [5, 5.41) is 6.51. The molecular formula is C15H27N3O2. The van der Waals surface area contributed by atoms with Gasteiger partial charge in [0.1, 0.15) is 6.04 Å². The zero-order valence-electron chi connectivity index (χ0n) is 12.7.